The molecule has 1 saturated carbocycles. The van der Waals surface area contributed by atoms with Gasteiger partial charge in [-0.25, -0.2) is 0 Å². The monoisotopic (exact) mass is 249 g/mol. The van der Waals surface area contributed by atoms with Crippen LogP contribution in [-0.2, 0) is 5.60 Å². The number of rotatable bonds is 3. The minimum atomic E-state index is -0.843. The second-order valence-corrected chi connectivity index (χ2v) is 4.64. The van der Waals surface area contributed by atoms with Crippen LogP contribution in [-0.4, -0.2) is 33.1 Å². The third-order valence-corrected chi connectivity index (χ3v) is 3.50. The van der Waals surface area contributed by atoms with Crippen LogP contribution in [0.4, 0.5) is 0 Å². The van der Waals surface area contributed by atoms with Crippen molar-refractivity contribution in [1.82, 2.24) is 4.98 Å². The first-order valence-electron chi connectivity index (χ1n) is 6.00. The molecule has 1 aliphatic rings. The molecule has 1 aromatic heterocycles. The Balaban J connectivity index is 0.00000120. The maximum Gasteiger partial charge on any atom is 0.117 e. The summed E-state index contributed by atoms with van der Waals surface area (Å²) in [5.41, 5.74) is 1.08. The quantitative estimate of drug-likeness (QED) is 0.847. The second kappa shape index (κ2) is 5.39. The molecule has 1 fully saturated rings. The summed E-state index contributed by atoms with van der Waals surface area (Å²) in [6.07, 6.45) is 5.67. The fraction of sp³-hybridized carbons (Fsp3) is 0.267. The highest BCUT2D eigenvalue weighted by Crippen LogP contribution is 2.49. The van der Waals surface area contributed by atoms with Gasteiger partial charge in [-0.3, -0.25) is 4.98 Å². The lowest BCUT2D eigenvalue weighted by molar-refractivity contribution is 0.0563. The van der Waals surface area contributed by atoms with Crippen molar-refractivity contribution in [3.05, 3.63) is 66.0 Å². The molecule has 1 atom stereocenters. The summed E-state index contributed by atoms with van der Waals surface area (Å²) in [5.74, 6) is 0.340. The summed E-state index contributed by atoms with van der Waals surface area (Å²) in [4.78, 5) is 4.02. The molecule has 1 heterocycles. The molecule has 0 saturated heterocycles. The average Bonchev–Trinajstić information content (AvgIpc) is 3.24. The Bertz CT molecular complexity index is 457. The van der Waals surface area contributed by atoms with Gasteiger partial charge in [0.2, 0.25) is 0 Å². The van der Waals surface area contributed by atoms with Crippen LogP contribution in [0.25, 0.3) is 0 Å². The summed E-state index contributed by atoms with van der Waals surface area (Å²) < 4.78 is 0. The topological polar surface area (TPSA) is 33.1 Å². The van der Waals surface area contributed by atoms with Crippen molar-refractivity contribution in [2.75, 3.05) is 0 Å². The molecule has 0 aliphatic heterocycles. The van der Waals surface area contributed by atoms with Gasteiger partial charge < -0.3 is 5.11 Å². The average molecular weight is 250 g/mol. The van der Waals surface area contributed by atoms with Gasteiger partial charge in [0.05, 0.1) is 0 Å². The Morgan fingerprint density at radius 3 is 2.06 bits per heavy atom. The van der Waals surface area contributed by atoms with Gasteiger partial charge in [-0.05, 0) is 42.0 Å². The first-order chi connectivity index (χ1) is 8.32. The van der Waals surface area contributed by atoms with Crippen LogP contribution in [0.15, 0.2) is 54.9 Å². The lowest BCUT2D eigenvalue weighted by atomic mass is 9.83. The zero-order chi connectivity index (χ0) is 11.7. The summed E-state index contributed by atoms with van der Waals surface area (Å²) in [5, 5.41) is 11.1. The molecular weight excluding hydrogens is 234 g/mol. The second-order valence-electron chi connectivity index (χ2n) is 4.64. The first kappa shape index (κ1) is 13.5. The highest BCUT2D eigenvalue weighted by atomic mass is 24.3. The Kier molecular flexibility index (Phi) is 4.05. The first-order valence-corrected chi connectivity index (χ1v) is 6.00. The molecule has 88 valence electrons. The third kappa shape index (κ3) is 2.30. The van der Waals surface area contributed by atoms with E-state index in [1.165, 1.54) is 0 Å². The molecular formula is C15H15MgNO. The third-order valence-electron chi connectivity index (χ3n) is 3.50. The predicted octanol–water partition coefficient (Wildman–Crippen LogP) is 2.35. The Hall–Kier alpha value is -0.904. The van der Waals surface area contributed by atoms with Crippen molar-refractivity contribution >= 4 is 23.1 Å². The normalized spacial score (nSPS) is 17.6. The van der Waals surface area contributed by atoms with Gasteiger partial charge in [-0.15, -0.1) is 0 Å². The molecule has 2 nitrogen and oxygen atoms in total. The standard InChI is InChI=1S/C15H15NO.Mg/c17-15(13-6-7-13,12-4-2-1-3-5-12)14-8-10-16-11-9-14;/h1-5,8-11,13,17H,6-7H2;. The van der Waals surface area contributed by atoms with Crippen LogP contribution in [0, 0.1) is 5.92 Å². The number of benzene rings is 1. The van der Waals surface area contributed by atoms with Gasteiger partial charge in [0.15, 0.2) is 0 Å². The molecule has 1 aliphatic carbocycles. The zero-order valence-electron chi connectivity index (χ0n) is 10.3. The lowest BCUT2D eigenvalue weighted by Gasteiger charge is -2.29. The maximum atomic E-state index is 11.1. The van der Waals surface area contributed by atoms with Gasteiger partial charge in [0, 0.05) is 35.4 Å². The van der Waals surface area contributed by atoms with E-state index in [0.717, 1.165) is 24.0 Å². The minimum Gasteiger partial charge on any atom is -0.380 e. The molecule has 1 N–H and O–H groups in total. The van der Waals surface area contributed by atoms with E-state index >= 15 is 0 Å². The van der Waals surface area contributed by atoms with Crippen LogP contribution in [0.1, 0.15) is 24.0 Å². The zero-order valence-corrected chi connectivity index (χ0v) is 11.7. The number of aromatic nitrogens is 1. The Labute approximate surface area is 123 Å². The van der Waals surface area contributed by atoms with E-state index in [2.05, 4.69) is 4.98 Å². The summed E-state index contributed by atoms with van der Waals surface area (Å²) in [7, 11) is 0. The molecule has 1 unspecified atom stereocenters. The molecule has 3 rings (SSSR count). The summed E-state index contributed by atoms with van der Waals surface area (Å²) >= 11 is 0. The van der Waals surface area contributed by atoms with E-state index in [1.807, 2.05) is 42.5 Å². The number of pyridine rings is 1. The van der Waals surface area contributed by atoms with E-state index < -0.39 is 5.60 Å². The maximum absolute atomic E-state index is 11.1. The number of hydrogen-bond donors (Lipinski definition) is 1. The van der Waals surface area contributed by atoms with Gasteiger partial charge >= 0.3 is 0 Å². The van der Waals surface area contributed by atoms with Crippen LogP contribution in [0.5, 0.6) is 0 Å². The smallest absolute Gasteiger partial charge is 0.117 e. The molecule has 0 amide bonds. The van der Waals surface area contributed by atoms with Crippen molar-refractivity contribution < 1.29 is 5.11 Å². The van der Waals surface area contributed by atoms with Gasteiger partial charge in [-0.2, -0.15) is 0 Å². The van der Waals surface area contributed by atoms with Crippen LogP contribution >= 0.6 is 0 Å². The molecule has 0 bridgehead atoms. The van der Waals surface area contributed by atoms with E-state index in [4.69, 9.17) is 0 Å². The fourth-order valence-electron chi connectivity index (χ4n) is 2.44. The summed E-state index contributed by atoms with van der Waals surface area (Å²) in [6.45, 7) is 0. The molecule has 2 aromatic rings. The molecule has 18 heavy (non-hydrogen) atoms. The van der Waals surface area contributed by atoms with Crippen molar-refractivity contribution in [3.63, 3.8) is 0 Å². The molecule has 1 aromatic carbocycles. The van der Waals surface area contributed by atoms with Crippen molar-refractivity contribution in [3.8, 4) is 0 Å². The highest BCUT2D eigenvalue weighted by molar-refractivity contribution is 5.75. The fourth-order valence-corrected chi connectivity index (χ4v) is 2.44. The van der Waals surface area contributed by atoms with E-state index in [0.29, 0.717) is 5.92 Å². The van der Waals surface area contributed by atoms with Crippen molar-refractivity contribution in [2.24, 2.45) is 5.92 Å². The van der Waals surface area contributed by atoms with Crippen LogP contribution in [0.2, 0.25) is 0 Å². The summed E-state index contributed by atoms with van der Waals surface area (Å²) in [6, 6.07) is 13.7. The van der Waals surface area contributed by atoms with Crippen molar-refractivity contribution in [2.45, 2.75) is 18.4 Å². The minimum absolute atomic E-state index is 0. The van der Waals surface area contributed by atoms with E-state index in [-0.39, 0.29) is 23.1 Å². The number of nitrogens with zero attached hydrogens (tertiary/aromatic N) is 1. The Morgan fingerprint density at radius 2 is 1.50 bits per heavy atom. The Morgan fingerprint density at radius 1 is 0.944 bits per heavy atom. The van der Waals surface area contributed by atoms with Crippen LogP contribution in [0.3, 0.4) is 0 Å². The SMILES string of the molecule is OC(c1ccccc1)(c1ccncc1)C1CC1.[Mg]. The number of hydrogen-bond acceptors (Lipinski definition) is 2. The number of aliphatic hydroxyl groups is 1. The van der Waals surface area contributed by atoms with Crippen LogP contribution < -0.4 is 0 Å². The molecule has 0 spiro atoms. The van der Waals surface area contributed by atoms with E-state index in [1.54, 1.807) is 12.4 Å². The predicted molar refractivity (Wildman–Crippen MR) is 72.2 cm³/mol. The van der Waals surface area contributed by atoms with Gasteiger partial charge in [0.25, 0.3) is 0 Å². The molecule has 3 heteroatoms. The lowest BCUT2D eigenvalue weighted by Crippen LogP contribution is -2.29. The van der Waals surface area contributed by atoms with Gasteiger partial charge in [0.1, 0.15) is 5.60 Å². The highest BCUT2D eigenvalue weighted by Gasteiger charge is 2.46. The largest absolute Gasteiger partial charge is 0.380 e. The van der Waals surface area contributed by atoms with E-state index in [9.17, 15) is 5.11 Å². The van der Waals surface area contributed by atoms with Gasteiger partial charge in [-0.1, -0.05) is 30.3 Å². The van der Waals surface area contributed by atoms with Crippen molar-refractivity contribution in [1.29, 1.82) is 0 Å². The molecule has 2 radical (unpaired) electrons.